The van der Waals surface area contributed by atoms with Crippen molar-refractivity contribution in [3.8, 4) is 11.5 Å². The Labute approximate surface area is 296 Å². The van der Waals surface area contributed by atoms with Gasteiger partial charge in [-0.1, -0.05) is 90.9 Å². The van der Waals surface area contributed by atoms with Crippen LogP contribution < -0.4 is 9.47 Å². The molecule has 0 saturated carbocycles. The van der Waals surface area contributed by atoms with Crippen molar-refractivity contribution in [1.29, 1.82) is 0 Å². The van der Waals surface area contributed by atoms with E-state index in [9.17, 15) is 18.8 Å². The monoisotopic (exact) mass is 692 g/mol. The molecule has 3 rings (SSSR count). The fourth-order valence-corrected chi connectivity index (χ4v) is 6.07. The Morgan fingerprint density at radius 2 is 1.18 bits per heavy atom. The second-order valence-electron chi connectivity index (χ2n) is 12.6. The number of hydrogen-bond donors (Lipinski definition) is 0. The number of carbonyl (C=O) groups excluding carboxylic acids is 3. The number of ether oxygens (including phenoxy) is 3. The topological polar surface area (TPSA) is 78.9 Å². The lowest BCUT2D eigenvalue weighted by Crippen LogP contribution is -2.15. The molecule has 0 aliphatic rings. The molecule has 0 fully saturated rings. The van der Waals surface area contributed by atoms with Crippen molar-refractivity contribution in [3.63, 3.8) is 0 Å². The quantitative estimate of drug-likeness (QED) is 0.0423. The molecule has 1 atom stereocenters. The lowest BCUT2D eigenvalue weighted by Gasteiger charge is -2.13. The van der Waals surface area contributed by atoms with Crippen LogP contribution in [0.2, 0.25) is 0 Å². The molecule has 0 aliphatic heterocycles. The van der Waals surface area contributed by atoms with Crippen LogP contribution in [0.1, 0.15) is 148 Å². The minimum atomic E-state index is -0.575. The number of halogens is 1. The number of thioether (sulfide) groups is 1. The average molecular weight is 693 g/mol. The number of unbranched alkanes of at least 4 members (excludes halogenated alkanes) is 12. The summed E-state index contributed by atoms with van der Waals surface area (Å²) in [5.74, 6) is -1.10. The maximum absolute atomic E-state index is 14.7. The molecule has 3 aromatic rings. The van der Waals surface area contributed by atoms with Gasteiger partial charge < -0.3 is 14.2 Å². The minimum absolute atomic E-state index is 0.151. The molecule has 1 unspecified atom stereocenters. The fraction of sp³-hybridized carbons (Fsp3) is 0.488. The third-order valence-corrected chi connectivity index (χ3v) is 9.23. The molecule has 3 aromatic carbocycles. The van der Waals surface area contributed by atoms with Gasteiger partial charge in [-0.25, -0.2) is 14.0 Å². The van der Waals surface area contributed by atoms with Crippen molar-refractivity contribution in [2.24, 2.45) is 0 Å². The molecular formula is C41H53FO6S. The van der Waals surface area contributed by atoms with Crippen LogP contribution in [0.15, 0.2) is 71.6 Å². The predicted molar refractivity (Wildman–Crippen MR) is 195 cm³/mol. The summed E-state index contributed by atoms with van der Waals surface area (Å²) in [6, 6.07) is 16.9. The fourth-order valence-electron chi connectivity index (χ4n) is 5.33. The SMILES string of the molecule is CCCCCCCCCCCCOc1ccc(C(=O)Sc2ccc(C(=O)Oc3ccc(C(=O)OC(C)CCCCCC)cc3)cc2)cc1F. The number of carbonyl (C=O) groups is 3. The molecule has 0 radical (unpaired) electrons. The zero-order chi connectivity index (χ0) is 35.3. The van der Waals surface area contributed by atoms with Gasteiger partial charge in [-0.15, -0.1) is 0 Å². The van der Waals surface area contributed by atoms with E-state index in [0.29, 0.717) is 28.4 Å². The van der Waals surface area contributed by atoms with Crippen molar-refractivity contribution < 1.29 is 33.0 Å². The molecular weight excluding hydrogens is 640 g/mol. The van der Waals surface area contributed by atoms with Gasteiger partial charge in [0.25, 0.3) is 0 Å². The molecule has 266 valence electrons. The van der Waals surface area contributed by atoms with Crippen molar-refractivity contribution >= 4 is 28.8 Å². The summed E-state index contributed by atoms with van der Waals surface area (Å²) in [5.41, 5.74) is 0.913. The second-order valence-corrected chi connectivity index (χ2v) is 13.6. The summed E-state index contributed by atoms with van der Waals surface area (Å²) < 4.78 is 31.3. The van der Waals surface area contributed by atoms with Gasteiger partial charge in [-0.2, -0.15) is 0 Å². The van der Waals surface area contributed by atoms with E-state index in [1.807, 2.05) is 6.92 Å². The summed E-state index contributed by atoms with van der Waals surface area (Å²) in [5, 5.41) is -0.319. The minimum Gasteiger partial charge on any atom is -0.491 e. The molecule has 0 bridgehead atoms. The van der Waals surface area contributed by atoms with Gasteiger partial charge in [0.2, 0.25) is 5.12 Å². The van der Waals surface area contributed by atoms with Crippen molar-refractivity contribution in [3.05, 3.63) is 89.2 Å². The first-order chi connectivity index (χ1) is 23.8. The zero-order valence-electron chi connectivity index (χ0n) is 29.5. The lowest BCUT2D eigenvalue weighted by atomic mass is 10.1. The van der Waals surface area contributed by atoms with E-state index in [1.165, 1.54) is 69.9 Å². The average Bonchev–Trinajstić information content (AvgIpc) is 3.10. The highest BCUT2D eigenvalue weighted by molar-refractivity contribution is 8.14. The largest absolute Gasteiger partial charge is 0.491 e. The molecule has 0 saturated heterocycles. The van der Waals surface area contributed by atoms with Crippen LogP contribution in [-0.4, -0.2) is 29.8 Å². The van der Waals surface area contributed by atoms with Gasteiger partial charge in [0.15, 0.2) is 11.6 Å². The van der Waals surface area contributed by atoms with Crippen LogP contribution in [0.5, 0.6) is 11.5 Å². The normalized spacial score (nSPS) is 11.6. The molecule has 0 amide bonds. The Morgan fingerprint density at radius 3 is 1.80 bits per heavy atom. The predicted octanol–water partition coefficient (Wildman–Crippen LogP) is 11.8. The van der Waals surface area contributed by atoms with E-state index in [0.717, 1.165) is 50.3 Å². The van der Waals surface area contributed by atoms with E-state index < -0.39 is 17.8 Å². The summed E-state index contributed by atoms with van der Waals surface area (Å²) in [6.45, 7) is 6.73. The lowest BCUT2D eigenvalue weighted by molar-refractivity contribution is 0.0319. The number of hydrogen-bond acceptors (Lipinski definition) is 7. The smallest absolute Gasteiger partial charge is 0.343 e. The van der Waals surface area contributed by atoms with Crippen LogP contribution in [0.25, 0.3) is 0 Å². The number of rotatable bonds is 23. The highest BCUT2D eigenvalue weighted by Crippen LogP contribution is 2.27. The van der Waals surface area contributed by atoms with E-state index in [-0.39, 0.29) is 22.5 Å². The van der Waals surface area contributed by atoms with E-state index >= 15 is 0 Å². The maximum Gasteiger partial charge on any atom is 0.343 e. The molecule has 0 aromatic heterocycles. The van der Waals surface area contributed by atoms with Crippen LogP contribution in [-0.2, 0) is 4.74 Å². The molecule has 49 heavy (non-hydrogen) atoms. The van der Waals surface area contributed by atoms with Gasteiger partial charge in [0, 0.05) is 10.5 Å². The van der Waals surface area contributed by atoms with E-state index in [4.69, 9.17) is 14.2 Å². The van der Waals surface area contributed by atoms with Crippen LogP contribution >= 0.6 is 11.8 Å². The zero-order valence-corrected chi connectivity index (χ0v) is 30.3. The standard InChI is InChI=1S/C41H53FO6S/c1-4-6-8-10-11-12-13-14-15-17-29-46-38-28-23-34(30-37(38)42)41(45)49-36-26-21-33(22-27-36)40(44)48-35-24-19-32(20-25-35)39(43)47-31(3)18-16-9-7-5-2/h19-28,30-31H,4-18,29H2,1-3H3. The van der Waals surface area contributed by atoms with Crippen LogP contribution in [0.3, 0.4) is 0 Å². The van der Waals surface area contributed by atoms with Gasteiger partial charge in [0.05, 0.1) is 23.8 Å². The molecule has 0 aliphatic carbocycles. The molecule has 0 heterocycles. The van der Waals surface area contributed by atoms with Crippen molar-refractivity contribution in [1.82, 2.24) is 0 Å². The molecule has 0 N–H and O–H groups in total. The van der Waals surface area contributed by atoms with Crippen LogP contribution in [0.4, 0.5) is 4.39 Å². The van der Waals surface area contributed by atoms with Gasteiger partial charge >= 0.3 is 11.9 Å². The first kappa shape index (κ1) is 39.8. The third-order valence-electron chi connectivity index (χ3n) is 8.30. The van der Waals surface area contributed by atoms with Gasteiger partial charge in [-0.05, 0) is 105 Å². The Balaban J connectivity index is 1.39. The first-order valence-electron chi connectivity index (χ1n) is 18.1. The summed E-state index contributed by atoms with van der Waals surface area (Å²) >= 11 is 0.944. The second kappa shape index (κ2) is 22.9. The Bertz CT molecular complexity index is 1420. The molecule has 0 spiro atoms. The Hall–Kier alpha value is -3.65. The van der Waals surface area contributed by atoms with Gasteiger partial charge in [0.1, 0.15) is 5.75 Å². The Morgan fingerprint density at radius 1 is 0.653 bits per heavy atom. The first-order valence-corrected chi connectivity index (χ1v) is 18.9. The van der Waals surface area contributed by atoms with Gasteiger partial charge in [-0.3, -0.25) is 4.79 Å². The van der Waals surface area contributed by atoms with Crippen molar-refractivity contribution in [2.75, 3.05) is 6.61 Å². The number of benzene rings is 3. The molecule has 6 nitrogen and oxygen atoms in total. The highest BCUT2D eigenvalue weighted by Gasteiger charge is 2.16. The third kappa shape index (κ3) is 15.2. The Kier molecular flexibility index (Phi) is 18.6. The summed E-state index contributed by atoms with van der Waals surface area (Å²) in [7, 11) is 0. The van der Waals surface area contributed by atoms with Crippen molar-refractivity contribution in [2.45, 2.75) is 128 Å². The summed E-state index contributed by atoms with van der Waals surface area (Å²) in [6.07, 6.45) is 17.3. The highest BCUT2D eigenvalue weighted by atomic mass is 32.2. The van der Waals surface area contributed by atoms with E-state index in [2.05, 4.69) is 13.8 Å². The van der Waals surface area contributed by atoms with E-state index in [1.54, 1.807) is 54.6 Å². The molecule has 8 heteroatoms. The summed E-state index contributed by atoms with van der Waals surface area (Å²) in [4.78, 5) is 38.6. The maximum atomic E-state index is 14.7. The number of esters is 2. The van der Waals surface area contributed by atoms with Crippen LogP contribution in [0, 0.1) is 5.82 Å².